The molecule has 136 valence electrons. The van der Waals surface area contributed by atoms with Crippen LogP contribution in [0.1, 0.15) is 34.9 Å². The van der Waals surface area contributed by atoms with Gasteiger partial charge in [0, 0.05) is 30.8 Å². The molecule has 0 aliphatic carbocycles. The second-order valence-electron chi connectivity index (χ2n) is 6.18. The van der Waals surface area contributed by atoms with Crippen molar-refractivity contribution in [2.24, 2.45) is 0 Å². The Labute approximate surface area is 155 Å². The van der Waals surface area contributed by atoms with Crippen LogP contribution in [-0.2, 0) is 27.3 Å². The Morgan fingerprint density at radius 2 is 1.92 bits per heavy atom. The van der Waals surface area contributed by atoms with Crippen LogP contribution in [-0.4, -0.2) is 34.3 Å². The number of fused-ring (bicyclic) bond motifs is 1. The monoisotopic (exact) mass is 372 g/mol. The molecule has 2 heterocycles. The number of thiophene rings is 1. The highest BCUT2D eigenvalue weighted by Crippen LogP contribution is 2.24. The fraction of sp³-hybridized carbons (Fsp3) is 0.316. The van der Waals surface area contributed by atoms with Crippen molar-refractivity contribution in [1.29, 1.82) is 0 Å². The number of hydrogen-bond donors (Lipinski definition) is 2. The molecule has 0 fully saturated rings. The zero-order valence-corrected chi connectivity index (χ0v) is 15.0. The highest BCUT2D eigenvalue weighted by molar-refractivity contribution is 7.10. The molecule has 0 spiro atoms. The van der Waals surface area contributed by atoms with Crippen LogP contribution in [0.4, 0.5) is 0 Å². The highest BCUT2D eigenvalue weighted by Gasteiger charge is 2.24. The molecule has 0 bridgehead atoms. The summed E-state index contributed by atoms with van der Waals surface area (Å²) in [6.07, 6.45) is 0.898. The normalized spacial score (nSPS) is 14.4. The van der Waals surface area contributed by atoms with E-state index in [1.165, 1.54) is 10.4 Å². The largest absolute Gasteiger partial charge is 0.479 e. The van der Waals surface area contributed by atoms with Gasteiger partial charge in [-0.25, -0.2) is 4.79 Å². The summed E-state index contributed by atoms with van der Waals surface area (Å²) in [4.78, 5) is 39.0. The zero-order chi connectivity index (χ0) is 18.5. The van der Waals surface area contributed by atoms with Gasteiger partial charge in [0.15, 0.2) is 6.04 Å². The van der Waals surface area contributed by atoms with Crippen molar-refractivity contribution in [3.8, 4) is 0 Å². The lowest BCUT2D eigenvalue weighted by Crippen LogP contribution is -2.37. The van der Waals surface area contributed by atoms with E-state index in [0.717, 1.165) is 6.42 Å². The van der Waals surface area contributed by atoms with Gasteiger partial charge in [-0.05, 0) is 29.0 Å². The van der Waals surface area contributed by atoms with Crippen molar-refractivity contribution in [3.05, 3.63) is 57.8 Å². The van der Waals surface area contributed by atoms with Crippen molar-refractivity contribution in [1.82, 2.24) is 10.2 Å². The topological polar surface area (TPSA) is 86.7 Å². The molecule has 0 radical (unpaired) electrons. The van der Waals surface area contributed by atoms with Gasteiger partial charge in [0.1, 0.15) is 0 Å². The molecule has 0 saturated carbocycles. The standard InChI is InChI=1S/C19H20N2O4S/c22-16(20-18(19(24)25)13-4-2-1-3-5-13)6-7-17(23)21-10-8-15-14(12-21)9-11-26-15/h1-5,9,11,18H,6-8,10,12H2,(H,20,22)(H,24,25)/t18-/m0/s1. The van der Waals surface area contributed by atoms with E-state index in [9.17, 15) is 19.5 Å². The van der Waals surface area contributed by atoms with E-state index in [2.05, 4.69) is 5.32 Å². The molecule has 3 rings (SSSR count). The van der Waals surface area contributed by atoms with Crippen molar-refractivity contribution >= 4 is 29.1 Å². The minimum atomic E-state index is -1.13. The van der Waals surface area contributed by atoms with Crippen molar-refractivity contribution in [3.63, 3.8) is 0 Å². The molecule has 1 aromatic heterocycles. The smallest absolute Gasteiger partial charge is 0.330 e. The van der Waals surface area contributed by atoms with Crippen LogP contribution >= 0.6 is 11.3 Å². The molecule has 2 amide bonds. The Bertz CT molecular complexity index is 803. The maximum Gasteiger partial charge on any atom is 0.330 e. The Morgan fingerprint density at radius 3 is 2.65 bits per heavy atom. The maximum absolute atomic E-state index is 12.4. The van der Waals surface area contributed by atoms with Crippen molar-refractivity contribution in [2.75, 3.05) is 6.54 Å². The Kier molecular flexibility index (Phi) is 5.68. The number of rotatable bonds is 6. The number of carbonyl (C=O) groups excluding carboxylic acids is 2. The minimum Gasteiger partial charge on any atom is -0.479 e. The predicted octanol–water partition coefficient (Wildman–Crippen LogP) is 2.36. The highest BCUT2D eigenvalue weighted by atomic mass is 32.1. The summed E-state index contributed by atoms with van der Waals surface area (Å²) in [5, 5.41) is 13.9. The van der Waals surface area contributed by atoms with Gasteiger partial charge in [-0.15, -0.1) is 11.3 Å². The number of hydrogen-bond acceptors (Lipinski definition) is 4. The molecular weight excluding hydrogens is 352 g/mol. The van der Waals surface area contributed by atoms with E-state index in [1.807, 2.05) is 11.4 Å². The minimum absolute atomic E-state index is 0.0254. The van der Waals surface area contributed by atoms with Crippen molar-refractivity contribution in [2.45, 2.75) is 31.8 Å². The second-order valence-corrected chi connectivity index (χ2v) is 7.18. The van der Waals surface area contributed by atoms with E-state index < -0.39 is 17.9 Å². The molecule has 1 aliphatic rings. The SMILES string of the molecule is O=C(CCC(=O)N1CCc2sccc2C1)N[C@H](C(=O)O)c1ccccc1. The van der Waals surface area contributed by atoms with Crippen LogP contribution in [0.25, 0.3) is 0 Å². The van der Waals surface area contributed by atoms with Gasteiger partial charge in [-0.2, -0.15) is 0 Å². The van der Waals surface area contributed by atoms with Gasteiger partial charge in [-0.1, -0.05) is 30.3 Å². The first-order valence-corrected chi connectivity index (χ1v) is 9.32. The number of carboxylic acid groups (broad SMARTS) is 1. The predicted molar refractivity (Wildman–Crippen MR) is 97.6 cm³/mol. The first-order chi connectivity index (χ1) is 12.5. The molecule has 0 saturated heterocycles. The molecule has 1 aromatic carbocycles. The van der Waals surface area contributed by atoms with Gasteiger partial charge in [0.2, 0.25) is 11.8 Å². The van der Waals surface area contributed by atoms with E-state index >= 15 is 0 Å². The van der Waals surface area contributed by atoms with Crippen LogP contribution in [0.2, 0.25) is 0 Å². The second kappa shape index (κ2) is 8.14. The van der Waals surface area contributed by atoms with Gasteiger partial charge in [-0.3, -0.25) is 9.59 Å². The third kappa shape index (κ3) is 4.29. The summed E-state index contributed by atoms with van der Waals surface area (Å²) in [5.41, 5.74) is 1.68. The van der Waals surface area contributed by atoms with Crippen LogP contribution in [0.5, 0.6) is 0 Å². The van der Waals surface area contributed by atoms with E-state index in [4.69, 9.17) is 0 Å². The summed E-state index contributed by atoms with van der Waals surface area (Å²) in [5.74, 6) is -1.65. The maximum atomic E-state index is 12.4. The number of aliphatic carboxylic acids is 1. The van der Waals surface area contributed by atoms with Gasteiger partial charge >= 0.3 is 5.97 Å². The summed E-state index contributed by atoms with van der Waals surface area (Å²) in [7, 11) is 0. The quantitative estimate of drug-likeness (QED) is 0.815. The number of nitrogens with one attached hydrogen (secondary N) is 1. The first-order valence-electron chi connectivity index (χ1n) is 8.44. The summed E-state index contributed by atoms with van der Waals surface area (Å²) in [6.45, 7) is 1.25. The fourth-order valence-corrected chi connectivity index (χ4v) is 3.90. The van der Waals surface area contributed by atoms with E-state index in [-0.39, 0.29) is 18.7 Å². The molecular formula is C19H20N2O4S. The third-order valence-electron chi connectivity index (χ3n) is 4.41. The lowest BCUT2D eigenvalue weighted by atomic mass is 10.1. The Hall–Kier alpha value is -2.67. The molecule has 2 aromatic rings. The lowest BCUT2D eigenvalue weighted by Gasteiger charge is -2.27. The van der Waals surface area contributed by atoms with Crippen molar-refractivity contribution < 1.29 is 19.5 Å². The first kappa shape index (κ1) is 18.1. The average molecular weight is 372 g/mol. The average Bonchev–Trinajstić information content (AvgIpc) is 3.12. The molecule has 1 aliphatic heterocycles. The zero-order valence-electron chi connectivity index (χ0n) is 14.2. The molecule has 1 atom stereocenters. The van der Waals surface area contributed by atoms with Gasteiger partial charge < -0.3 is 15.3 Å². The molecule has 0 unspecified atom stereocenters. The van der Waals surface area contributed by atoms with Gasteiger partial charge in [0.05, 0.1) is 0 Å². The molecule has 26 heavy (non-hydrogen) atoms. The van der Waals surface area contributed by atoms with Gasteiger partial charge in [0.25, 0.3) is 0 Å². The fourth-order valence-electron chi connectivity index (χ4n) is 3.01. The molecule has 6 nitrogen and oxygen atoms in total. The summed E-state index contributed by atoms with van der Waals surface area (Å²) < 4.78 is 0. The number of benzene rings is 1. The number of nitrogens with zero attached hydrogens (tertiary/aromatic N) is 1. The molecule has 7 heteroatoms. The molecule has 2 N–H and O–H groups in total. The van der Waals surface area contributed by atoms with Crippen LogP contribution < -0.4 is 5.32 Å². The van der Waals surface area contributed by atoms with Crippen LogP contribution in [0.15, 0.2) is 41.8 Å². The van der Waals surface area contributed by atoms with E-state index in [0.29, 0.717) is 18.7 Å². The number of carbonyl (C=O) groups is 3. The Morgan fingerprint density at radius 1 is 1.15 bits per heavy atom. The number of carboxylic acids is 1. The summed E-state index contributed by atoms with van der Waals surface area (Å²) >= 11 is 1.71. The van der Waals surface area contributed by atoms with E-state index in [1.54, 1.807) is 46.6 Å². The lowest BCUT2D eigenvalue weighted by molar-refractivity contribution is -0.142. The third-order valence-corrected chi connectivity index (χ3v) is 5.43. The van der Waals surface area contributed by atoms with Crippen LogP contribution in [0, 0.1) is 0 Å². The Balaban J connectivity index is 1.52. The van der Waals surface area contributed by atoms with Crippen LogP contribution in [0.3, 0.4) is 0 Å². The summed E-state index contributed by atoms with van der Waals surface area (Å²) in [6, 6.07) is 9.44. The number of amides is 2.